The first-order chi connectivity index (χ1) is 5.09. The number of hydrogen-bond acceptors (Lipinski definition) is 3. The predicted molar refractivity (Wildman–Crippen MR) is 64.3 cm³/mol. The van der Waals surface area contributed by atoms with E-state index in [0.29, 0.717) is 6.42 Å². The maximum atomic E-state index is 10.6. The van der Waals surface area contributed by atoms with Crippen LogP contribution in [0, 0.1) is 0 Å². The van der Waals surface area contributed by atoms with Gasteiger partial charge in [-0.3, -0.25) is 4.79 Å². The van der Waals surface area contributed by atoms with Crippen LogP contribution in [0.25, 0.3) is 0 Å². The van der Waals surface area contributed by atoms with Gasteiger partial charge >= 0.3 is 5.97 Å². The molecule has 6 heteroatoms. The van der Waals surface area contributed by atoms with Gasteiger partial charge in [-0.1, -0.05) is 0 Å². The Balaban J connectivity index is 3.80. The Morgan fingerprint density at radius 2 is 2.27 bits per heavy atom. The molecule has 0 amide bonds. The van der Waals surface area contributed by atoms with Crippen molar-refractivity contribution in [3.63, 3.8) is 0 Å². The average molecular weight is 401 g/mol. The lowest BCUT2D eigenvalue weighted by molar-refractivity contribution is -0.139. The molecule has 0 saturated carbocycles. The highest BCUT2D eigenvalue weighted by Crippen LogP contribution is 2.17. The van der Waals surface area contributed by atoms with Crippen molar-refractivity contribution in [2.75, 3.05) is 12.0 Å². The minimum Gasteiger partial charge on any atom is -0.480 e. The van der Waals surface area contributed by atoms with Crippen molar-refractivity contribution in [3.8, 4) is 0 Å². The second-order valence-corrected chi connectivity index (χ2v) is 6.81. The summed E-state index contributed by atoms with van der Waals surface area (Å²) in [5.41, 5.74) is 0. The topological polar surface area (TPSA) is 40.5 Å². The number of carbonyl (C=O) groups is 1. The van der Waals surface area contributed by atoms with Gasteiger partial charge < -0.3 is 5.11 Å². The first-order valence-electron chi connectivity index (χ1n) is 2.92. The Morgan fingerprint density at radius 1 is 1.73 bits per heavy atom. The Kier molecular flexibility index (Phi) is 7.48. The molecule has 0 aromatic rings. The lowest BCUT2D eigenvalue weighted by atomic mass is 10.2. The first kappa shape index (κ1) is 12.2. The van der Waals surface area contributed by atoms with Crippen LogP contribution >= 0.6 is 57.5 Å². The van der Waals surface area contributed by atoms with Crippen LogP contribution in [0.5, 0.6) is 0 Å². The van der Waals surface area contributed by atoms with E-state index in [1.807, 2.05) is 52.0 Å². The van der Waals surface area contributed by atoms with Crippen LogP contribution in [0.4, 0.5) is 0 Å². The number of aliphatic carboxylic acids is 1. The fraction of sp³-hybridized carbons (Fsp3) is 0.800. The molecule has 1 N–H and O–H groups in total. The second kappa shape index (κ2) is 6.72. The highest BCUT2D eigenvalue weighted by molar-refractivity contribution is 14.2. The normalized spacial score (nSPS) is 13.5. The van der Waals surface area contributed by atoms with Crippen LogP contribution in [-0.4, -0.2) is 30.5 Å². The standard InChI is InChI=1S/C5H9I2NO2S/c1-11-3-2-4(5(9)10)8(6)7/h4H,2-3H2,1H3,(H,9,10)/t4-/m0/s1. The molecule has 0 aliphatic heterocycles. The third-order valence-electron chi connectivity index (χ3n) is 1.12. The van der Waals surface area contributed by atoms with Gasteiger partial charge in [0.05, 0.1) is 0 Å². The van der Waals surface area contributed by atoms with E-state index < -0.39 is 5.97 Å². The van der Waals surface area contributed by atoms with E-state index in [4.69, 9.17) is 5.11 Å². The first-order valence-corrected chi connectivity index (χ1v) is 6.24. The monoisotopic (exact) mass is 401 g/mol. The molecule has 0 aromatic heterocycles. The second-order valence-electron chi connectivity index (χ2n) is 1.89. The maximum absolute atomic E-state index is 10.6. The van der Waals surface area contributed by atoms with Crippen molar-refractivity contribution in [2.45, 2.75) is 12.5 Å². The van der Waals surface area contributed by atoms with Gasteiger partial charge in [-0.15, -0.1) is 0 Å². The summed E-state index contributed by atoms with van der Waals surface area (Å²) in [7, 11) is 0. The smallest absolute Gasteiger partial charge is 0.322 e. The SMILES string of the molecule is CSCC[C@@H](C(=O)O)N(I)I. The van der Waals surface area contributed by atoms with E-state index in [1.54, 1.807) is 13.1 Å². The molecule has 11 heavy (non-hydrogen) atoms. The molecule has 0 spiro atoms. The molecule has 0 rings (SSSR count). The lowest BCUT2D eigenvalue weighted by Crippen LogP contribution is -2.28. The highest BCUT2D eigenvalue weighted by atomic mass is 127. The molecule has 0 unspecified atom stereocenters. The highest BCUT2D eigenvalue weighted by Gasteiger charge is 2.21. The minimum atomic E-state index is -0.747. The summed E-state index contributed by atoms with van der Waals surface area (Å²) >= 11 is 5.65. The Labute approximate surface area is 98.3 Å². The molecule has 3 nitrogen and oxygen atoms in total. The van der Waals surface area contributed by atoms with Crippen molar-refractivity contribution in [3.05, 3.63) is 0 Å². The summed E-state index contributed by atoms with van der Waals surface area (Å²) in [4.78, 5) is 10.6. The molecule has 0 aliphatic carbocycles. The Morgan fingerprint density at radius 3 is 2.55 bits per heavy atom. The molecule has 0 aromatic carbocycles. The zero-order valence-corrected chi connectivity index (χ0v) is 11.1. The van der Waals surface area contributed by atoms with Crippen molar-refractivity contribution in [2.24, 2.45) is 0 Å². The molecule has 0 fully saturated rings. The van der Waals surface area contributed by atoms with Crippen LogP contribution in [0.3, 0.4) is 0 Å². The number of carboxylic acids is 1. The summed E-state index contributed by atoms with van der Waals surface area (Å²) in [6, 6.07) is -0.358. The van der Waals surface area contributed by atoms with Gasteiger partial charge in [0.1, 0.15) is 6.04 Å². The van der Waals surface area contributed by atoms with Crippen LogP contribution in [0.2, 0.25) is 0 Å². The minimum absolute atomic E-state index is 0.358. The molecule has 66 valence electrons. The maximum Gasteiger partial charge on any atom is 0.322 e. The van der Waals surface area contributed by atoms with E-state index >= 15 is 0 Å². The van der Waals surface area contributed by atoms with Gasteiger partial charge in [0.25, 0.3) is 0 Å². The van der Waals surface area contributed by atoms with Gasteiger partial charge in [-0.25, -0.2) is 0 Å². The van der Waals surface area contributed by atoms with E-state index in [0.717, 1.165) is 5.75 Å². The summed E-state index contributed by atoms with van der Waals surface area (Å²) in [5, 5.41) is 8.71. The van der Waals surface area contributed by atoms with Crippen LogP contribution in [0.15, 0.2) is 0 Å². The number of rotatable bonds is 5. The molecule has 1 atom stereocenters. The van der Waals surface area contributed by atoms with E-state index in [2.05, 4.69) is 0 Å². The summed E-state index contributed by atoms with van der Waals surface area (Å²) < 4.78 is 1.67. The molecule has 0 radical (unpaired) electrons. The van der Waals surface area contributed by atoms with Crippen LogP contribution < -0.4 is 0 Å². The van der Waals surface area contributed by atoms with E-state index in [1.165, 1.54) is 0 Å². The molecular weight excluding hydrogens is 392 g/mol. The third kappa shape index (κ3) is 5.47. The molecule has 0 aliphatic rings. The number of hydrogen-bond donors (Lipinski definition) is 1. The van der Waals surface area contributed by atoms with E-state index in [-0.39, 0.29) is 6.04 Å². The van der Waals surface area contributed by atoms with Crippen LogP contribution in [-0.2, 0) is 4.79 Å². The number of nitrogens with zero attached hydrogens (tertiary/aromatic N) is 1. The van der Waals surface area contributed by atoms with Gasteiger partial charge in [0.2, 0.25) is 0 Å². The van der Waals surface area contributed by atoms with Gasteiger partial charge in [-0.2, -0.15) is 13.1 Å². The zero-order valence-electron chi connectivity index (χ0n) is 5.96. The number of carboxylic acid groups (broad SMARTS) is 1. The number of halogens is 2. The van der Waals surface area contributed by atoms with Crippen LogP contribution in [0.1, 0.15) is 6.42 Å². The van der Waals surface area contributed by atoms with E-state index in [9.17, 15) is 4.79 Å². The van der Waals surface area contributed by atoms with Crippen molar-refractivity contribution in [1.29, 1.82) is 0 Å². The molecule has 0 heterocycles. The lowest BCUT2D eigenvalue weighted by Gasteiger charge is -2.14. The largest absolute Gasteiger partial charge is 0.480 e. The predicted octanol–water partition coefficient (Wildman–Crippen LogP) is 2.19. The molecular formula is C5H9I2NO2S. The molecule has 0 bridgehead atoms. The Bertz CT molecular complexity index is 134. The zero-order chi connectivity index (χ0) is 8.85. The Hall–Kier alpha value is 1.24. The van der Waals surface area contributed by atoms with Crippen molar-refractivity contribution < 1.29 is 9.90 Å². The fourth-order valence-corrected chi connectivity index (χ4v) is 2.03. The van der Waals surface area contributed by atoms with Crippen molar-refractivity contribution in [1.82, 2.24) is 1.33 Å². The third-order valence-corrected chi connectivity index (χ3v) is 3.10. The quantitative estimate of drug-likeness (QED) is 0.567. The number of thioether (sulfide) groups is 1. The van der Waals surface area contributed by atoms with Gasteiger partial charge in [-0.05, 0) is 18.4 Å². The summed E-state index contributed by atoms with van der Waals surface area (Å²) in [6.45, 7) is 0. The summed E-state index contributed by atoms with van der Waals surface area (Å²) in [6.07, 6.45) is 2.67. The van der Waals surface area contributed by atoms with Crippen molar-refractivity contribution >= 4 is 63.5 Å². The average Bonchev–Trinajstić information content (AvgIpc) is 1.87. The fourth-order valence-electron chi connectivity index (χ4n) is 0.534. The summed E-state index contributed by atoms with van der Waals surface area (Å²) in [5.74, 6) is 0.141. The molecule has 0 saturated heterocycles. The van der Waals surface area contributed by atoms with Gasteiger partial charge in [0, 0.05) is 45.7 Å². The van der Waals surface area contributed by atoms with Gasteiger partial charge in [0.15, 0.2) is 0 Å².